The van der Waals surface area contributed by atoms with Crippen LogP contribution < -0.4 is 0 Å². The van der Waals surface area contributed by atoms with Crippen LogP contribution in [0.25, 0.3) is 0 Å². The summed E-state index contributed by atoms with van der Waals surface area (Å²) >= 11 is 1.06. The van der Waals surface area contributed by atoms with Crippen LogP contribution in [0.2, 0.25) is 0 Å². The van der Waals surface area contributed by atoms with Gasteiger partial charge in [0.2, 0.25) is 0 Å². The van der Waals surface area contributed by atoms with E-state index in [2.05, 4.69) is 4.98 Å². The molecular weight excluding hydrogens is 280 g/mol. The van der Waals surface area contributed by atoms with Crippen LogP contribution in [-0.2, 0) is 4.74 Å². The van der Waals surface area contributed by atoms with Crippen molar-refractivity contribution in [3.8, 4) is 0 Å². The van der Waals surface area contributed by atoms with Crippen LogP contribution in [0.15, 0.2) is 5.38 Å². The molecule has 0 aliphatic carbocycles. The minimum Gasteiger partial charge on any atom is -0.476 e. The van der Waals surface area contributed by atoms with Gasteiger partial charge in [-0.25, -0.2) is 9.78 Å². The van der Waals surface area contributed by atoms with Gasteiger partial charge in [0.1, 0.15) is 0 Å². The third-order valence-corrected chi connectivity index (χ3v) is 3.92. The normalized spacial score (nSPS) is 10.8. The third kappa shape index (κ3) is 4.01. The fraction of sp³-hybridized carbons (Fsp3) is 0.615. The molecule has 20 heavy (non-hydrogen) atoms. The Balaban J connectivity index is 2.92. The van der Waals surface area contributed by atoms with Gasteiger partial charge in [-0.1, -0.05) is 13.8 Å². The smallest absolute Gasteiger partial charge is 0.355 e. The first-order valence-electron chi connectivity index (χ1n) is 6.53. The molecule has 6 nitrogen and oxygen atoms in total. The number of amides is 1. The third-order valence-electron chi connectivity index (χ3n) is 3.09. The maximum atomic E-state index is 12.5. The number of aromatic carboxylic acids is 1. The van der Waals surface area contributed by atoms with Gasteiger partial charge in [0, 0.05) is 25.1 Å². The van der Waals surface area contributed by atoms with Crippen molar-refractivity contribution in [3.05, 3.63) is 16.1 Å². The standard InChI is InChI=1S/C13H20N2O4S/c1-4-9(5-2)15(6-7-19-3)12(16)11-14-10(8-20-11)13(17)18/h8-9H,4-7H2,1-3H3,(H,17,18). The maximum absolute atomic E-state index is 12.5. The van der Waals surface area contributed by atoms with Gasteiger partial charge in [-0.05, 0) is 12.8 Å². The van der Waals surface area contributed by atoms with E-state index in [0.29, 0.717) is 13.2 Å². The van der Waals surface area contributed by atoms with Crippen molar-refractivity contribution in [1.82, 2.24) is 9.88 Å². The second kappa shape index (κ2) is 7.96. The predicted octanol–water partition coefficient (Wildman–Crippen LogP) is 2.12. The first-order chi connectivity index (χ1) is 9.54. The van der Waals surface area contributed by atoms with Gasteiger partial charge in [0.05, 0.1) is 6.61 Å². The predicted molar refractivity (Wildman–Crippen MR) is 76.4 cm³/mol. The molecule has 1 rings (SSSR count). The Bertz CT molecular complexity index is 457. The van der Waals surface area contributed by atoms with Crippen LogP contribution in [0.3, 0.4) is 0 Å². The lowest BCUT2D eigenvalue weighted by Gasteiger charge is -2.29. The highest BCUT2D eigenvalue weighted by atomic mass is 32.1. The number of hydrogen-bond donors (Lipinski definition) is 1. The molecule has 0 fully saturated rings. The summed E-state index contributed by atoms with van der Waals surface area (Å²) in [6, 6.07) is 0.106. The highest BCUT2D eigenvalue weighted by Crippen LogP contribution is 2.17. The molecule has 1 N–H and O–H groups in total. The largest absolute Gasteiger partial charge is 0.476 e. The monoisotopic (exact) mass is 300 g/mol. The fourth-order valence-electron chi connectivity index (χ4n) is 1.96. The minimum atomic E-state index is -1.12. The number of nitrogens with zero attached hydrogens (tertiary/aromatic N) is 2. The Hall–Kier alpha value is -1.47. The minimum absolute atomic E-state index is 0.0883. The molecule has 1 aromatic rings. The summed E-state index contributed by atoms with van der Waals surface area (Å²) in [4.78, 5) is 28.9. The Morgan fingerprint density at radius 2 is 2.10 bits per heavy atom. The van der Waals surface area contributed by atoms with Crippen LogP contribution in [0, 0.1) is 0 Å². The molecule has 0 saturated carbocycles. The Morgan fingerprint density at radius 1 is 1.45 bits per heavy atom. The summed E-state index contributed by atoms with van der Waals surface area (Å²) in [6.07, 6.45) is 1.67. The van der Waals surface area contributed by atoms with Crippen molar-refractivity contribution < 1.29 is 19.4 Å². The second-order valence-electron chi connectivity index (χ2n) is 4.30. The van der Waals surface area contributed by atoms with Crippen LogP contribution in [-0.4, -0.2) is 53.2 Å². The highest BCUT2D eigenvalue weighted by Gasteiger charge is 2.25. The molecular formula is C13H20N2O4S. The van der Waals surface area contributed by atoms with Crippen LogP contribution in [0.1, 0.15) is 47.0 Å². The summed E-state index contributed by atoms with van der Waals surface area (Å²) in [5.41, 5.74) is -0.0883. The number of thiazole rings is 1. The van der Waals surface area contributed by atoms with E-state index in [9.17, 15) is 9.59 Å². The maximum Gasteiger partial charge on any atom is 0.355 e. The van der Waals surface area contributed by atoms with E-state index in [1.807, 2.05) is 13.8 Å². The zero-order valence-corrected chi connectivity index (χ0v) is 12.8. The quantitative estimate of drug-likeness (QED) is 0.795. The molecule has 0 aliphatic heterocycles. The molecule has 1 aromatic heterocycles. The lowest BCUT2D eigenvalue weighted by atomic mass is 10.1. The zero-order valence-electron chi connectivity index (χ0n) is 12.0. The van der Waals surface area contributed by atoms with E-state index in [0.717, 1.165) is 24.2 Å². The number of carbonyl (C=O) groups excluding carboxylic acids is 1. The van der Waals surface area contributed by atoms with E-state index in [1.165, 1.54) is 5.38 Å². The molecule has 0 saturated heterocycles. The number of hydrogen-bond acceptors (Lipinski definition) is 5. The van der Waals surface area contributed by atoms with E-state index < -0.39 is 5.97 Å². The molecule has 0 atom stereocenters. The molecule has 0 radical (unpaired) electrons. The number of carboxylic acid groups (broad SMARTS) is 1. The van der Waals surface area contributed by atoms with E-state index >= 15 is 0 Å². The summed E-state index contributed by atoms with van der Waals surface area (Å²) in [7, 11) is 1.58. The van der Waals surface area contributed by atoms with Gasteiger partial charge in [-0.2, -0.15) is 0 Å². The highest BCUT2D eigenvalue weighted by molar-refractivity contribution is 7.11. The number of carbonyl (C=O) groups is 2. The number of aromatic nitrogens is 1. The number of rotatable bonds is 8. The van der Waals surface area contributed by atoms with Crippen LogP contribution in [0.4, 0.5) is 0 Å². The average molecular weight is 300 g/mol. The Labute approximate surface area is 122 Å². The number of carboxylic acids is 1. The topological polar surface area (TPSA) is 79.7 Å². The van der Waals surface area contributed by atoms with Gasteiger partial charge in [-0.3, -0.25) is 4.79 Å². The number of ether oxygens (including phenoxy) is 1. The molecule has 0 aliphatic rings. The van der Waals surface area contributed by atoms with Crippen molar-refractivity contribution in [2.45, 2.75) is 32.7 Å². The summed E-state index contributed by atoms with van der Waals surface area (Å²) in [6.45, 7) is 4.96. The average Bonchev–Trinajstić information content (AvgIpc) is 2.92. The van der Waals surface area contributed by atoms with Gasteiger partial charge in [0.15, 0.2) is 10.7 Å². The van der Waals surface area contributed by atoms with Gasteiger partial charge < -0.3 is 14.7 Å². The molecule has 112 valence electrons. The van der Waals surface area contributed by atoms with E-state index in [-0.39, 0.29) is 22.7 Å². The van der Waals surface area contributed by atoms with E-state index in [1.54, 1.807) is 12.0 Å². The van der Waals surface area contributed by atoms with Crippen molar-refractivity contribution in [2.75, 3.05) is 20.3 Å². The zero-order chi connectivity index (χ0) is 15.1. The Morgan fingerprint density at radius 3 is 2.55 bits per heavy atom. The summed E-state index contributed by atoms with van der Waals surface area (Å²) in [5.74, 6) is -1.35. The molecule has 0 unspecified atom stereocenters. The summed E-state index contributed by atoms with van der Waals surface area (Å²) in [5, 5.41) is 10.5. The first-order valence-corrected chi connectivity index (χ1v) is 7.41. The molecule has 1 heterocycles. The molecule has 1 amide bonds. The van der Waals surface area contributed by atoms with Gasteiger partial charge in [0.25, 0.3) is 5.91 Å². The van der Waals surface area contributed by atoms with Crippen molar-refractivity contribution in [3.63, 3.8) is 0 Å². The summed E-state index contributed by atoms with van der Waals surface area (Å²) < 4.78 is 5.04. The first kappa shape index (κ1) is 16.6. The van der Waals surface area contributed by atoms with Crippen molar-refractivity contribution in [1.29, 1.82) is 0 Å². The van der Waals surface area contributed by atoms with Crippen molar-refractivity contribution in [2.24, 2.45) is 0 Å². The number of methoxy groups -OCH3 is 1. The second-order valence-corrected chi connectivity index (χ2v) is 5.16. The lowest BCUT2D eigenvalue weighted by Crippen LogP contribution is -2.41. The Kier molecular flexibility index (Phi) is 6.60. The fourth-order valence-corrected chi connectivity index (χ4v) is 2.71. The van der Waals surface area contributed by atoms with Crippen LogP contribution in [0.5, 0.6) is 0 Å². The molecule has 0 spiro atoms. The van der Waals surface area contributed by atoms with E-state index in [4.69, 9.17) is 9.84 Å². The lowest BCUT2D eigenvalue weighted by molar-refractivity contribution is 0.0589. The molecule has 0 aromatic carbocycles. The molecule has 7 heteroatoms. The van der Waals surface area contributed by atoms with Crippen molar-refractivity contribution >= 4 is 23.2 Å². The molecule has 0 bridgehead atoms. The van der Waals surface area contributed by atoms with Gasteiger partial charge in [-0.15, -0.1) is 11.3 Å². The SMILES string of the molecule is CCC(CC)N(CCOC)C(=O)c1nc(C(=O)O)cs1. The van der Waals surface area contributed by atoms with Gasteiger partial charge >= 0.3 is 5.97 Å². The van der Waals surface area contributed by atoms with Crippen LogP contribution >= 0.6 is 11.3 Å².